The molecule has 0 radical (unpaired) electrons. The number of amides is 3. The number of furan rings is 1. The molecule has 1 aromatic heterocycles. The van der Waals surface area contributed by atoms with E-state index < -0.39 is 0 Å². The Bertz CT molecular complexity index is 705. The number of hydrogen-bond acceptors (Lipinski definition) is 4. The summed E-state index contributed by atoms with van der Waals surface area (Å²) in [4.78, 5) is 38.4. The fourth-order valence-electron chi connectivity index (χ4n) is 4.34. The van der Waals surface area contributed by atoms with Gasteiger partial charge in [0.2, 0.25) is 11.8 Å². The molecule has 1 saturated heterocycles. The largest absolute Gasteiger partial charge is 0.469 e. The molecule has 126 valence electrons. The van der Waals surface area contributed by atoms with E-state index >= 15 is 0 Å². The standard InChI is InChI=1S/C18H20N2O4/c1-10-13(5-8-24-10)16(21)19-6-2-7-20-17(22)14-11-3-4-12(9-11)15(14)18(20)23/h3-5,8,11-12,14-15H,2,6-7,9H2,1H3,(H,19,21)/t11-,12-,14-,15-/m0/s1. The van der Waals surface area contributed by atoms with E-state index in [9.17, 15) is 14.4 Å². The van der Waals surface area contributed by atoms with Crippen molar-refractivity contribution in [3.8, 4) is 0 Å². The van der Waals surface area contributed by atoms with Gasteiger partial charge in [-0.05, 0) is 37.7 Å². The Morgan fingerprint density at radius 1 is 1.25 bits per heavy atom. The second kappa shape index (κ2) is 5.61. The molecule has 3 amide bonds. The van der Waals surface area contributed by atoms with Gasteiger partial charge in [0, 0.05) is 13.1 Å². The fourth-order valence-corrected chi connectivity index (χ4v) is 4.34. The number of rotatable bonds is 5. The van der Waals surface area contributed by atoms with Crippen molar-refractivity contribution < 1.29 is 18.8 Å². The first-order valence-corrected chi connectivity index (χ1v) is 8.44. The average molecular weight is 328 g/mol. The molecule has 6 nitrogen and oxygen atoms in total. The molecule has 6 heteroatoms. The Morgan fingerprint density at radius 3 is 2.50 bits per heavy atom. The number of aryl methyl sites for hydroxylation is 1. The van der Waals surface area contributed by atoms with Gasteiger partial charge in [0.05, 0.1) is 23.7 Å². The van der Waals surface area contributed by atoms with E-state index in [-0.39, 0.29) is 41.4 Å². The summed E-state index contributed by atoms with van der Waals surface area (Å²) in [6.07, 6.45) is 7.16. The van der Waals surface area contributed by atoms with Gasteiger partial charge in [0.25, 0.3) is 5.91 Å². The Hall–Kier alpha value is -2.37. The van der Waals surface area contributed by atoms with Crippen LogP contribution in [0.1, 0.15) is 29.0 Å². The Labute approximate surface area is 139 Å². The maximum atomic E-state index is 12.5. The molecule has 24 heavy (non-hydrogen) atoms. The van der Waals surface area contributed by atoms with E-state index in [1.165, 1.54) is 11.2 Å². The zero-order chi connectivity index (χ0) is 16.8. The van der Waals surface area contributed by atoms with E-state index in [0.717, 1.165) is 6.42 Å². The summed E-state index contributed by atoms with van der Waals surface area (Å²) in [5.74, 6) is 0.520. The van der Waals surface area contributed by atoms with Crippen LogP contribution < -0.4 is 5.32 Å². The second-order valence-corrected chi connectivity index (χ2v) is 6.83. The van der Waals surface area contributed by atoms with Gasteiger partial charge < -0.3 is 9.73 Å². The van der Waals surface area contributed by atoms with Crippen LogP contribution in [0.5, 0.6) is 0 Å². The monoisotopic (exact) mass is 328 g/mol. The molecule has 1 aromatic rings. The molecule has 2 fully saturated rings. The minimum Gasteiger partial charge on any atom is -0.469 e. The second-order valence-electron chi connectivity index (χ2n) is 6.83. The third-order valence-electron chi connectivity index (χ3n) is 5.51. The minimum atomic E-state index is -0.195. The summed E-state index contributed by atoms with van der Waals surface area (Å²) in [7, 11) is 0. The number of nitrogens with zero attached hydrogens (tertiary/aromatic N) is 1. The van der Waals surface area contributed by atoms with Gasteiger partial charge in [-0.25, -0.2) is 0 Å². The van der Waals surface area contributed by atoms with Crippen molar-refractivity contribution in [3.63, 3.8) is 0 Å². The first kappa shape index (κ1) is 15.2. The van der Waals surface area contributed by atoms with Crippen LogP contribution in [-0.4, -0.2) is 35.7 Å². The first-order valence-electron chi connectivity index (χ1n) is 8.44. The lowest BCUT2D eigenvalue weighted by Crippen LogP contribution is -2.35. The number of carbonyl (C=O) groups is 3. The van der Waals surface area contributed by atoms with E-state index in [0.29, 0.717) is 30.8 Å². The van der Waals surface area contributed by atoms with Crippen LogP contribution in [0.2, 0.25) is 0 Å². The molecule has 2 bridgehead atoms. The summed E-state index contributed by atoms with van der Waals surface area (Å²) >= 11 is 0. The molecule has 4 rings (SSSR count). The highest BCUT2D eigenvalue weighted by molar-refractivity contribution is 6.06. The van der Waals surface area contributed by atoms with Gasteiger partial charge in [0.15, 0.2) is 0 Å². The highest BCUT2D eigenvalue weighted by atomic mass is 16.3. The lowest BCUT2D eigenvalue weighted by atomic mass is 9.85. The molecule has 1 saturated carbocycles. The quantitative estimate of drug-likeness (QED) is 0.505. The maximum Gasteiger partial charge on any atom is 0.254 e. The summed E-state index contributed by atoms with van der Waals surface area (Å²) in [5, 5.41) is 2.80. The number of likely N-dealkylation sites (tertiary alicyclic amines) is 1. The van der Waals surface area contributed by atoms with E-state index in [4.69, 9.17) is 4.42 Å². The summed E-state index contributed by atoms with van der Waals surface area (Å²) in [6, 6.07) is 1.63. The molecule has 0 aromatic carbocycles. The van der Waals surface area contributed by atoms with Crippen molar-refractivity contribution in [1.29, 1.82) is 0 Å². The molecular formula is C18H20N2O4. The predicted molar refractivity (Wildman–Crippen MR) is 84.8 cm³/mol. The van der Waals surface area contributed by atoms with Gasteiger partial charge >= 0.3 is 0 Å². The van der Waals surface area contributed by atoms with Crippen molar-refractivity contribution in [3.05, 3.63) is 35.8 Å². The molecule has 0 unspecified atom stereocenters. The fraction of sp³-hybridized carbons (Fsp3) is 0.500. The molecule has 3 aliphatic rings. The van der Waals surface area contributed by atoms with Crippen molar-refractivity contribution in [2.75, 3.05) is 13.1 Å². The van der Waals surface area contributed by atoms with Gasteiger partial charge in [-0.15, -0.1) is 0 Å². The van der Waals surface area contributed by atoms with Crippen LogP contribution in [-0.2, 0) is 9.59 Å². The Morgan fingerprint density at radius 2 is 1.92 bits per heavy atom. The lowest BCUT2D eigenvalue weighted by Gasteiger charge is -2.17. The summed E-state index contributed by atoms with van der Waals surface area (Å²) < 4.78 is 5.11. The summed E-state index contributed by atoms with van der Waals surface area (Å²) in [6.45, 7) is 2.52. The molecule has 1 N–H and O–H groups in total. The van der Waals surface area contributed by atoms with Crippen molar-refractivity contribution in [1.82, 2.24) is 10.2 Å². The van der Waals surface area contributed by atoms with Gasteiger partial charge in [-0.1, -0.05) is 12.2 Å². The van der Waals surface area contributed by atoms with Crippen LogP contribution in [0.15, 0.2) is 28.9 Å². The minimum absolute atomic E-state index is 0.0288. The Balaban J connectivity index is 1.30. The van der Waals surface area contributed by atoms with Gasteiger partial charge in [-0.3, -0.25) is 19.3 Å². The van der Waals surface area contributed by atoms with Crippen molar-refractivity contribution >= 4 is 17.7 Å². The van der Waals surface area contributed by atoms with Crippen LogP contribution in [0, 0.1) is 30.6 Å². The SMILES string of the molecule is Cc1occc1C(=O)NCCCN1C(=O)[C@@H]2[C@@H](C1=O)[C@H]1C=C[C@H]2C1. The molecule has 4 atom stereocenters. The molecule has 2 aliphatic carbocycles. The van der Waals surface area contributed by atoms with Gasteiger partial charge in [-0.2, -0.15) is 0 Å². The van der Waals surface area contributed by atoms with Crippen LogP contribution in [0.3, 0.4) is 0 Å². The van der Waals surface area contributed by atoms with Crippen molar-refractivity contribution in [2.24, 2.45) is 23.7 Å². The normalized spacial score (nSPS) is 30.3. The number of hydrogen-bond donors (Lipinski definition) is 1. The average Bonchev–Trinajstić information content (AvgIpc) is 3.31. The molecule has 0 spiro atoms. The molecule has 1 aliphatic heterocycles. The highest BCUT2D eigenvalue weighted by Gasteiger charge is 2.58. The Kier molecular flexibility index (Phi) is 3.55. The molecular weight excluding hydrogens is 308 g/mol. The third kappa shape index (κ3) is 2.20. The van der Waals surface area contributed by atoms with Crippen molar-refractivity contribution in [2.45, 2.75) is 19.8 Å². The smallest absolute Gasteiger partial charge is 0.254 e. The van der Waals surface area contributed by atoms with E-state index in [1.54, 1.807) is 13.0 Å². The topological polar surface area (TPSA) is 79.6 Å². The predicted octanol–water partition coefficient (Wildman–Crippen LogP) is 1.52. The number of imide groups is 1. The number of fused-ring (bicyclic) bond motifs is 5. The third-order valence-corrected chi connectivity index (χ3v) is 5.51. The zero-order valence-electron chi connectivity index (χ0n) is 13.5. The molecule has 2 heterocycles. The van der Waals surface area contributed by atoms with E-state index in [1.807, 2.05) is 0 Å². The highest BCUT2D eigenvalue weighted by Crippen LogP contribution is 2.52. The maximum absolute atomic E-state index is 12.5. The van der Waals surface area contributed by atoms with Gasteiger partial charge in [0.1, 0.15) is 5.76 Å². The lowest BCUT2D eigenvalue weighted by molar-refractivity contribution is -0.140. The number of carbonyl (C=O) groups excluding carboxylic acids is 3. The van der Waals surface area contributed by atoms with E-state index in [2.05, 4.69) is 17.5 Å². The summed E-state index contributed by atoms with van der Waals surface area (Å²) in [5.41, 5.74) is 0.514. The first-order chi connectivity index (χ1) is 11.6. The zero-order valence-corrected chi connectivity index (χ0v) is 13.5. The number of allylic oxidation sites excluding steroid dienone is 2. The van der Waals surface area contributed by atoms with Crippen LogP contribution in [0.25, 0.3) is 0 Å². The van der Waals surface area contributed by atoms with Crippen LogP contribution in [0.4, 0.5) is 0 Å². The number of nitrogens with one attached hydrogen (secondary N) is 1. The van der Waals surface area contributed by atoms with Crippen LogP contribution >= 0.6 is 0 Å².